The summed E-state index contributed by atoms with van der Waals surface area (Å²) in [6.45, 7) is 5.28. The normalized spacial score (nSPS) is 33.0. The fourth-order valence-electron chi connectivity index (χ4n) is 3.46. The van der Waals surface area contributed by atoms with Crippen molar-refractivity contribution in [3.05, 3.63) is 11.1 Å². The molecule has 2 atom stereocenters. The van der Waals surface area contributed by atoms with E-state index in [4.69, 9.17) is 4.99 Å². The van der Waals surface area contributed by atoms with Gasteiger partial charge in [-0.15, -0.1) is 0 Å². The van der Waals surface area contributed by atoms with Crippen LogP contribution in [0, 0.1) is 0 Å². The molecule has 6 heteroatoms. The smallest absolute Gasteiger partial charge is 0.168 e. The zero-order chi connectivity index (χ0) is 14.4. The molecule has 1 saturated carbocycles. The monoisotopic (exact) mass is 322 g/mol. The lowest BCUT2D eigenvalue weighted by Crippen LogP contribution is -2.40. The van der Waals surface area contributed by atoms with Crippen molar-refractivity contribution >= 4 is 33.9 Å². The first-order valence-corrected chi connectivity index (χ1v) is 9.67. The number of thioether (sulfide) groups is 2. The summed E-state index contributed by atoms with van der Waals surface area (Å²) >= 11 is 3.64. The van der Waals surface area contributed by atoms with Gasteiger partial charge in [-0.25, -0.2) is 0 Å². The summed E-state index contributed by atoms with van der Waals surface area (Å²) in [6.07, 6.45) is 5.27. The molecule has 21 heavy (non-hydrogen) atoms. The molecule has 1 unspecified atom stereocenters. The summed E-state index contributed by atoms with van der Waals surface area (Å²) in [6, 6.07) is 1.18. The number of nitrogens with one attached hydrogen (secondary N) is 1. The molecular weight excluding hydrogens is 300 g/mol. The maximum Gasteiger partial charge on any atom is 0.168 e. The molecule has 114 valence electrons. The Hall–Kier alpha value is -0.620. The Kier molecular flexibility index (Phi) is 3.49. The number of hydrogen-bond acceptors (Lipinski definition) is 6. The second-order valence-corrected chi connectivity index (χ2v) is 8.65. The fourth-order valence-corrected chi connectivity index (χ4v) is 5.57. The van der Waals surface area contributed by atoms with Gasteiger partial charge >= 0.3 is 0 Å². The summed E-state index contributed by atoms with van der Waals surface area (Å²) in [5.41, 5.74) is 1.54. The molecule has 0 bridgehead atoms. The van der Waals surface area contributed by atoms with Gasteiger partial charge in [0, 0.05) is 11.4 Å². The zero-order valence-electron chi connectivity index (χ0n) is 12.6. The molecule has 0 amide bonds. The van der Waals surface area contributed by atoms with Gasteiger partial charge in [0.1, 0.15) is 0 Å². The Balaban J connectivity index is 1.40. The van der Waals surface area contributed by atoms with Crippen LogP contribution < -0.4 is 5.32 Å². The van der Waals surface area contributed by atoms with Gasteiger partial charge in [0.25, 0.3) is 0 Å². The third kappa shape index (κ3) is 2.61. The number of aliphatic imine (C=N–C) groups is 2. The summed E-state index contributed by atoms with van der Waals surface area (Å²) in [5, 5.41) is 8.12. The van der Waals surface area contributed by atoms with Crippen LogP contribution in [0.1, 0.15) is 39.5 Å². The van der Waals surface area contributed by atoms with Gasteiger partial charge in [-0.2, -0.15) is 0 Å². The summed E-state index contributed by atoms with van der Waals surface area (Å²) in [7, 11) is 0. The molecule has 0 aromatic rings. The lowest BCUT2D eigenvalue weighted by molar-refractivity contribution is 0.285. The Bertz CT molecular complexity index is 538. The first-order chi connectivity index (χ1) is 10.1. The Labute approximate surface area is 134 Å². The van der Waals surface area contributed by atoms with E-state index in [1.807, 2.05) is 23.5 Å². The highest BCUT2D eigenvalue weighted by Crippen LogP contribution is 2.41. The van der Waals surface area contributed by atoms with Crippen LogP contribution in [-0.2, 0) is 0 Å². The highest BCUT2D eigenvalue weighted by molar-refractivity contribution is 8.17. The van der Waals surface area contributed by atoms with Crippen LogP contribution in [0.2, 0.25) is 0 Å². The van der Waals surface area contributed by atoms with E-state index >= 15 is 0 Å². The Morgan fingerprint density at radius 3 is 3.10 bits per heavy atom. The van der Waals surface area contributed by atoms with E-state index < -0.39 is 0 Å². The van der Waals surface area contributed by atoms with E-state index in [0.717, 1.165) is 17.5 Å². The topological polar surface area (TPSA) is 40.0 Å². The van der Waals surface area contributed by atoms with Crippen molar-refractivity contribution in [1.29, 1.82) is 0 Å². The van der Waals surface area contributed by atoms with Gasteiger partial charge in [-0.1, -0.05) is 36.4 Å². The third-order valence-corrected chi connectivity index (χ3v) is 6.39. The predicted octanol–water partition coefficient (Wildman–Crippen LogP) is 3.03. The molecule has 1 aliphatic carbocycles. The van der Waals surface area contributed by atoms with Crippen molar-refractivity contribution < 1.29 is 0 Å². The molecule has 4 aliphatic rings. The number of hydrogen-bond donors (Lipinski definition) is 1. The predicted molar refractivity (Wildman–Crippen MR) is 93.0 cm³/mol. The quantitative estimate of drug-likeness (QED) is 0.848. The van der Waals surface area contributed by atoms with E-state index in [0.29, 0.717) is 12.1 Å². The van der Waals surface area contributed by atoms with Gasteiger partial charge in [-0.3, -0.25) is 9.98 Å². The number of amidine groups is 2. The lowest BCUT2D eigenvalue weighted by Gasteiger charge is -2.32. The minimum atomic E-state index is 0.121. The Morgan fingerprint density at radius 1 is 1.43 bits per heavy atom. The fraction of sp³-hybridized carbons (Fsp3) is 0.733. The van der Waals surface area contributed by atoms with Gasteiger partial charge in [0.2, 0.25) is 0 Å². The van der Waals surface area contributed by atoms with E-state index in [1.165, 1.54) is 36.5 Å². The van der Waals surface area contributed by atoms with Crippen molar-refractivity contribution in [2.75, 3.05) is 12.3 Å². The second kappa shape index (κ2) is 5.23. The molecule has 0 saturated heterocycles. The van der Waals surface area contributed by atoms with Crippen LogP contribution in [0.25, 0.3) is 0 Å². The van der Waals surface area contributed by atoms with E-state index in [1.54, 1.807) is 0 Å². The minimum absolute atomic E-state index is 0.121. The number of rotatable bonds is 2. The number of fused-ring (bicyclic) bond motifs is 3. The highest BCUT2D eigenvalue weighted by atomic mass is 32.2. The van der Waals surface area contributed by atoms with E-state index in [9.17, 15) is 0 Å². The van der Waals surface area contributed by atoms with Gasteiger partial charge in [0.05, 0.1) is 24.2 Å². The van der Waals surface area contributed by atoms with Crippen molar-refractivity contribution in [1.82, 2.24) is 10.2 Å². The molecule has 0 aromatic heterocycles. The molecule has 4 nitrogen and oxygen atoms in total. The third-order valence-electron chi connectivity index (χ3n) is 4.54. The minimum Gasteiger partial charge on any atom is -0.358 e. The first kappa shape index (κ1) is 14.0. The largest absolute Gasteiger partial charge is 0.358 e. The molecule has 1 fully saturated rings. The average molecular weight is 323 g/mol. The van der Waals surface area contributed by atoms with Crippen molar-refractivity contribution in [3.8, 4) is 0 Å². The maximum absolute atomic E-state index is 4.92. The van der Waals surface area contributed by atoms with Crippen LogP contribution >= 0.6 is 23.5 Å². The van der Waals surface area contributed by atoms with Crippen LogP contribution in [0.15, 0.2) is 21.1 Å². The van der Waals surface area contributed by atoms with E-state index in [-0.39, 0.29) is 5.54 Å². The average Bonchev–Trinajstić information content (AvgIpc) is 3.10. The molecule has 0 aromatic carbocycles. The van der Waals surface area contributed by atoms with Crippen molar-refractivity contribution in [2.45, 2.75) is 57.2 Å². The van der Waals surface area contributed by atoms with Crippen molar-refractivity contribution in [2.24, 2.45) is 9.98 Å². The molecular formula is C15H22N4S2. The van der Waals surface area contributed by atoms with Crippen LogP contribution in [0.4, 0.5) is 0 Å². The summed E-state index contributed by atoms with van der Waals surface area (Å²) < 4.78 is 0. The molecule has 3 heterocycles. The highest BCUT2D eigenvalue weighted by Gasteiger charge is 2.41. The van der Waals surface area contributed by atoms with Gasteiger partial charge < -0.3 is 10.2 Å². The second-order valence-electron chi connectivity index (χ2n) is 6.85. The van der Waals surface area contributed by atoms with Crippen LogP contribution in [0.5, 0.6) is 0 Å². The SMILES string of the molecule is CC1(C)CN=C(SCC2=CSC3=N[C@H]4CCCCC4N23)N1. The Morgan fingerprint density at radius 2 is 2.29 bits per heavy atom. The van der Waals surface area contributed by atoms with Crippen LogP contribution in [0.3, 0.4) is 0 Å². The van der Waals surface area contributed by atoms with E-state index in [2.05, 4.69) is 34.5 Å². The first-order valence-electron chi connectivity index (χ1n) is 7.81. The molecule has 1 N–H and O–H groups in total. The summed E-state index contributed by atoms with van der Waals surface area (Å²) in [5.74, 6) is 0.997. The standard InChI is InChI=1S/C15H22N4S2/c1-15(2)9-16-13(18-15)20-7-10-8-21-14-17-11-5-3-4-6-12(11)19(10)14/h8,11-12H,3-7,9H2,1-2H3,(H,16,18)/t11-,12?/m0/s1. The maximum atomic E-state index is 4.92. The van der Waals surface area contributed by atoms with Gasteiger partial charge in [-0.05, 0) is 32.1 Å². The van der Waals surface area contributed by atoms with Gasteiger partial charge in [0.15, 0.2) is 10.3 Å². The number of nitrogens with zero attached hydrogens (tertiary/aromatic N) is 3. The molecule has 0 spiro atoms. The van der Waals surface area contributed by atoms with Crippen molar-refractivity contribution in [3.63, 3.8) is 0 Å². The summed E-state index contributed by atoms with van der Waals surface area (Å²) in [4.78, 5) is 12.0. The molecule has 3 aliphatic heterocycles. The van der Waals surface area contributed by atoms with Crippen LogP contribution in [-0.4, -0.2) is 45.2 Å². The zero-order valence-corrected chi connectivity index (χ0v) is 14.3. The lowest BCUT2D eigenvalue weighted by atomic mass is 9.91. The molecule has 0 radical (unpaired) electrons. The molecule has 4 rings (SSSR count).